The third kappa shape index (κ3) is 8.23. The van der Waals surface area contributed by atoms with Crippen molar-refractivity contribution in [3.05, 3.63) is 54.1 Å². The van der Waals surface area contributed by atoms with Crippen LogP contribution in [0.15, 0.2) is 30.4 Å². The van der Waals surface area contributed by atoms with Gasteiger partial charge in [-0.3, -0.25) is 6.58 Å². The van der Waals surface area contributed by atoms with Crippen LogP contribution < -0.4 is 0 Å². The zero-order chi connectivity index (χ0) is 17.1. The van der Waals surface area contributed by atoms with Crippen LogP contribution in [0.4, 0.5) is 0 Å². The molecule has 0 aromatic heterocycles. The minimum atomic E-state index is 0. The summed E-state index contributed by atoms with van der Waals surface area (Å²) in [4.78, 5) is 0. The number of hydrogen-bond acceptors (Lipinski definition) is 1. The molecule has 1 nitrogen and oxygen atoms in total. The van der Waals surface area contributed by atoms with E-state index in [4.69, 9.17) is 0 Å². The van der Waals surface area contributed by atoms with Crippen molar-refractivity contribution in [2.24, 2.45) is 0 Å². The van der Waals surface area contributed by atoms with E-state index in [9.17, 15) is 5.11 Å². The van der Waals surface area contributed by atoms with Crippen molar-refractivity contribution < 1.29 is 42.8 Å². The number of rotatable bonds is 7. The van der Waals surface area contributed by atoms with Crippen molar-refractivity contribution in [2.45, 2.75) is 77.6 Å². The molecular formula is C22H32HoO-2. The van der Waals surface area contributed by atoms with Gasteiger partial charge in [0, 0.05) is 43.5 Å². The molecule has 1 aliphatic carbocycles. The summed E-state index contributed by atoms with van der Waals surface area (Å²) in [7, 11) is 0. The van der Waals surface area contributed by atoms with Gasteiger partial charge < -0.3 is 11.7 Å². The zero-order valence-corrected chi connectivity index (χ0v) is 17.1. The molecule has 1 aromatic carbocycles. The Morgan fingerprint density at radius 3 is 2.62 bits per heavy atom. The third-order valence-corrected chi connectivity index (χ3v) is 4.54. The SMILES string of the molecule is CCCCCCCc1cc(O)c[c-]c1C1C=C(C)CCC1.[CH-]=C.[Ho]. The van der Waals surface area contributed by atoms with Crippen LogP contribution in [0.5, 0.6) is 5.75 Å². The van der Waals surface area contributed by atoms with E-state index >= 15 is 0 Å². The second kappa shape index (κ2) is 14.0. The molecule has 24 heavy (non-hydrogen) atoms. The van der Waals surface area contributed by atoms with Gasteiger partial charge in [0.05, 0.1) is 0 Å². The number of benzene rings is 1. The number of phenols is 1. The molecule has 1 N–H and O–H groups in total. The fraction of sp³-hybridized carbons (Fsp3) is 0.545. The summed E-state index contributed by atoms with van der Waals surface area (Å²) in [5, 5.41) is 9.78. The van der Waals surface area contributed by atoms with Crippen molar-refractivity contribution in [2.75, 3.05) is 0 Å². The van der Waals surface area contributed by atoms with E-state index in [0.29, 0.717) is 11.7 Å². The van der Waals surface area contributed by atoms with Crippen molar-refractivity contribution in [1.29, 1.82) is 0 Å². The van der Waals surface area contributed by atoms with Gasteiger partial charge in [0.25, 0.3) is 0 Å². The Morgan fingerprint density at radius 1 is 1.25 bits per heavy atom. The topological polar surface area (TPSA) is 20.2 Å². The van der Waals surface area contributed by atoms with E-state index in [2.05, 4.69) is 39.1 Å². The molecule has 2 rings (SSSR count). The van der Waals surface area contributed by atoms with Crippen LogP contribution in [0.3, 0.4) is 0 Å². The first-order chi connectivity index (χ1) is 11.2. The van der Waals surface area contributed by atoms with E-state index in [0.717, 1.165) is 6.42 Å². The maximum atomic E-state index is 9.78. The molecule has 0 aliphatic heterocycles. The van der Waals surface area contributed by atoms with Crippen LogP contribution >= 0.6 is 0 Å². The second-order valence-electron chi connectivity index (χ2n) is 6.47. The standard InChI is InChI=1S/C20H29O.C2H3.Ho/c1-3-4-5-6-7-10-18-15-19(21)12-13-20(18)17-11-8-9-16(2)14-17;1-2;/h12,14-15,17,21H,3-11H2,1-2H3;1H,2H2;/q2*-1;. The van der Waals surface area contributed by atoms with Gasteiger partial charge in [-0.2, -0.15) is 11.6 Å². The first-order valence-electron chi connectivity index (χ1n) is 9.02. The van der Waals surface area contributed by atoms with Crippen LogP contribution in [0, 0.1) is 50.4 Å². The van der Waals surface area contributed by atoms with Gasteiger partial charge in [-0.15, -0.1) is 17.7 Å². The molecule has 1 aromatic rings. The largest absolute Gasteiger partial charge is 0.566 e. The summed E-state index contributed by atoms with van der Waals surface area (Å²) < 4.78 is 0. The summed E-state index contributed by atoms with van der Waals surface area (Å²) in [6.07, 6.45) is 13.7. The molecule has 1 atom stereocenters. The van der Waals surface area contributed by atoms with E-state index in [1.807, 2.05) is 6.07 Å². The van der Waals surface area contributed by atoms with Gasteiger partial charge in [-0.25, -0.2) is 0 Å². The average molecular weight is 477 g/mol. The third-order valence-electron chi connectivity index (χ3n) is 4.54. The Hall–Kier alpha value is -0.240. The summed E-state index contributed by atoms with van der Waals surface area (Å²) in [6, 6.07) is 7.04. The summed E-state index contributed by atoms with van der Waals surface area (Å²) in [5.41, 5.74) is 4.13. The fourth-order valence-corrected chi connectivity index (χ4v) is 3.35. The van der Waals surface area contributed by atoms with Crippen molar-refractivity contribution >= 4 is 0 Å². The Kier molecular flexibility index (Phi) is 13.8. The number of aromatic hydroxyl groups is 1. The number of phenolic OH excluding ortho intramolecular Hbond substituents is 1. The predicted molar refractivity (Wildman–Crippen MR) is 99.7 cm³/mol. The van der Waals surface area contributed by atoms with Crippen LogP contribution in [0.2, 0.25) is 0 Å². The van der Waals surface area contributed by atoms with Crippen LogP contribution in [-0.4, -0.2) is 5.11 Å². The molecule has 1 radical (unpaired) electrons. The number of aryl methyl sites for hydroxylation is 1. The van der Waals surface area contributed by atoms with Crippen LogP contribution in [0.1, 0.15) is 82.3 Å². The molecule has 1 aliphatic rings. The van der Waals surface area contributed by atoms with Crippen molar-refractivity contribution in [3.63, 3.8) is 0 Å². The number of hydrogen-bond donors (Lipinski definition) is 1. The van der Waals surface area contributed by atoms with E-state index in [-0.39, 0.29) is 37.7 Å². The van der Waals surface area contributed by atoms with Crippen LogP contribution in [-0.2, 0) is 6.42 Å². The summed E-state index contributed by atoms with van der Waals surface area (Å²) >= 11 is 0. The predicted octanol–water partition coefficient (Wildman–Crippen LogP) is 6.52. The Morgan fingerprint density at radius 2 is 1.96 bits per heavy atom. The van der Waals surface area contributed by atoms with Gasteiger partial charge in [-0.05, 0) is 32.1 Å². The molecule has 1 unspecified atom stereocenters. The normalized spacial score (nSPS) is 16.4. The van der Waals surface area contributed by atoms with E-state index in [1.54, 1.807) is 6.07 Å². The second-order valence-corrected chi connectivity index (χ2v) is 6.47. The molecule has 0 amide bonds. The number of unbranched alkanes of at least 4 members (excludes halogenated alkanes) is 4. The summed E-state index contributed by atoms with van der Waals surface area (Å²) in [6.45, 7) is 11.5. The van der Waals surface area contributed by atoms with Crippen molar-refractivity contribution in [1.82, 2.24) is 0 Å². The average Bonchev–Trinajstić information content (AvgIpc) is 2.56. The molecule has 2 heteroatoms. The van der Waals surface area contributed by atoms with Gasteiger partial charge >= 0.3 is 0 Å². The summed E-state index contributed by atoms with van der Waals surface area (Å²) in [5.74, 6) is 0.865. The van der Waals surface area contributed by atoms with Gasteiger partial charge in [0.15, 0.2) is 0 Å². The fourth-order valence-electron chi connectivity index (χ4n) is 3.35. The maximum Gasteiger partial charge on any atom is 0.00350 e. The molecule has 0 fully saturated rings. The molecule has 0 saturated heterocycles. The molecule has 0 heterocycles. The van der Waals surface area contributed by atoms with Gasteiger partial charge in [0.2, 0.25) is 0 Å². The van der Waals surface area contributed by atoms with Gasteiger partial charge in [-0.1, -0.05) is 57.1 Å². The first-order valence-corrected chi connectivity index (χ1v) is 9.02. The molecule has 0 saturated carbocycles. The smallest absolute Gasteiger partial charge is 0.00350 e. The van der Waals surface area contributed by atoms with E-state index < -0.39 is 0 Å². The van der Waals surface area contributed by atoms with Crippen LogP contribution in [0.25, 0.3) is 0 Å². The Balaban J connectivity index is 0.00000170. The molecule has 0 spiro atoms. The number of allylic oxidation sites excluding steroid dienone is 2. The van der Waals surface area contributed by atoms with Gasteiger partial charge in [0.1, 0.15) is 0 Å². The Labute approximate surface area is 179 Å². The minimum absolute atomic E-state index is 0. The zero-order valence-electron chi connectivity index (χ0n) is 15.2. The molecule has 139 valence electrons. The maximum absolute atomic E-state index is 9.78. The monoisotopic (exact) mass is 477 g/mol. The molecular weight excluding hydrogens is 445 g/mol. The molecule has 0 bridgehead atoms. The Bertz CT molecular complexity index is 493. The first kappa shape index (κ1) is 23.8. The van der Waals surface area contributed by atoms with E-state index in [1.165, 1.54) is 68.1 Å². The minimum Gasteiger partial charge on any atom is -0.566 e. The van der Waals surface area contributed by atoms with Crippen molar-refractivity contribution in [3.8, 4) is 5.75 Å². The quantitative estimate of drug-likeness (QED) is 0.205.